The lowest BCUT2D eigenvalue weighted by Gasteiger charge is -2.63. The van der Waals surface area contributed by atoms with E-state index in [0.717, 1.165) is 23.9 Å². The van der Waals surface area contributed by atoms with E-state index in [9.17, 15) is 43.8 Å². The summed E-state index contributed by atoms with van der Waals surface area (Å²) in [6.07, 6.45) is 0.795. The molecular formula is C58H70F4O11S2. The van der Waals surface area contributed by atoms with Crippen LogP contribution in [0.2, 0.25) is 0 Å². The number of aliphatic hydroxyl groups is 2. The summed E-state index contributed by atoms with van der Waals surface area (Å²) in [4.78, 5) is 90.4. The molecule has 1 aromatic rings. The van der Waals surface area contributed by atoms with Gasteiger partial charge in [-0.05, 0) is 114 Å². The second kappa shape index (κ2) is 19.0. The number of alkyl halides is 4. The molecule has 2 N–H and O–H groups in total. The Kier molecular flexibility index (Phi) is 14.5. The van der Waals surface area contributed by atoms with Crippen LogP contribution in [0.25, 0.3) is 0 Å². The van der Waals surface area contributed by atoms with Crippen molar-refractivity contribution < 1.29 is 70.8 Å². The van der Waals surface area contributed by atoms with E-state index in [1.807, 2.05) is 0 Å². The summed E-state index contributed by atoms with van der Waals surface area (Å²) in [7, 11) is 0. The number of carbonyl (C=O) groups is 7. The summed E-state index contributed by atoms with van der Waals surface area (Å²) in [5.41, 5.74) is -13.0. The van der Waals surface area contributed by atoms with Gasteiger partial charge in [0.05, 0.1) is 17.0 Å². The van der Waals surface area contributed by atoms with Crippen LogP contribution in [-0.4, -0.2) is 102 Å². The fourth-order valence-electron chi connectivity index (χ4n) is 16.3. The molecule has 0 aromatic heterocycles. The highest BCUT2D eigenvalue weighted by Crippen LogP contribution is 2.74. The molecule has 18 atom stereocenters. The van der Waals surface area contributed by atoms with Crippen LogP contribution in [0.1, 0.15) is 131 Å². The van der Waals surface area contributed by atoms with Crippen molar-refractivity contribution in [3.8, 4) is 0 Å². The van der Waals surface area contributed by atoms with Crippen LogP contribution >= 0.6 is 24.4 Å². The molecule has 0 saturated heterocycles. The summed E-state index contributed by atoms with van der Waals surface area (Å²) in [6.45, 7) is 16.5. The normalized spacial score (nSPS) is 44.2. The third kappa shape index (κ3) is 7.80. The molecule has 0 amide bonds. The van der Waals surface area contributed by atoms with Gasteiger partial charge in [0.1, 0.15) is 12.3 Å². The van der Waals surface area contributed by atoms with Gasteiger partial charge in [-0.15, -0.1) is 12.6 Å². The number of halogens is 4. The van der Waals surface area contributed by atoms with Gasteiger partial charge in [0.25, 0.3) is 0 Å². The van der Waals surface area contributed by atoms with Gasteiger partial charge in [-0.25, -0.2) is 17.6 Å². The van der Waals surface area contributed by atoms with E-state index in [-0.39, 0.29) is 61.9 Å². The predicted molar refractivity (Wildman–Crippen MR) is 276 cm³/mol. The van der Waals surface area contributed by atoms with E-state index in [0.29, 0.717) is 12.0 Å². The zero-order valence-corrected chi connectivity index (χ0v) is 45.9. The number of fused-ring (bicyclic) bond motifs is 10. The number of allylic oxidation sites excluding steroid dienone is 8. The third-order valence-corrected chi connectivity index (χ3v) is 21.5. The molecule has 6 saturated carbocycles. The number of thioether (sulfide) groups is 1. The topological polar surface area (TPSA) is 178 Å². The fraction of sp³-hybridized carbons (Fsp3) is 0.638. The first-order valence-corrected chi connectivity index (χ1v) is 27.5. The van der Waals surface area contributed by atoms with Crippen LogP contribution in [0.5, 0.6) is 0 Å². The van der Waals surface area contributed by atoms with Crippen molar-refractivity contribution in [2.75, 3.05) is 0 Å². The van der Waals surface area contributed by atoms with Gasteiger partial charge < -0.3 is 19.7 Å². The van der Waals surface area contributed by atoms with Crippen molar-refractivity contribution in [1.29, 1.82) is 0 Å². The molecule has 8 aliphatic rings. The highest BCUT2D eigenvalue weighted by Gasteiger charge is 2.80. The monoisotopic (exact) mass is 1080 g/mol. The minimum atomic E-state index is -2.33. The van der Waals surface area contributed by atoms with Crippen LogP contribution in [0.4, 0.5) is 17.6 Å². The fourth-order valence-corrected chi connectivity index (χ4v) is 18.1. The van der Waals surface area contributed by atoms with Gasteiger partial charge in [0, 0.05) is 63.7 Å². The zero-order chi connectivity index (χ0) is 55.6. The zero-order valence-electron chi connectivity index (χ0n) is 44.2. The Hall–Kier alpha value is -4.19. The summed E-state index contributed by atoms with van der Waals surface area (Å²) in [6, 6.07) is 8.60. The molecule has 1 aromatic carbocycles. The second-order valence-electron chi connectivity index (χ2n) is 24.0. The average Bonchev–Trinajstić information content (AvgIpc) is 3.72. The number of hydrogen-bond donors (Lipinski definition) is 3. The number of thiol groups is 1. The maximum Gasteiger partial charge on any atom is 0.306 e. The maximum absolute atomic E-state index is 17.7. The SMILES string of the molecule is CCC(=O)O[C@]1(C(=O)S)[C@H](C)CC2C3C[C@H](F)C4=CC(=O)C=C[C@]4(C)[C@@]3(F)[C@@H](O)C[C@@]21C.CCC(=O)O[C@]1(C(=O)SC(C)(C)C(=O)c2ccccc2)[C@H](C)CC2C3C[C@H](F)C4=CC(=O)C=C[C@]4(C)[C@@]3(F)[C@@H](O)C[C@@]21C. The summed E-state index contributed by atoms with van der Waals surface area (Å²) in [5, 5.41) is 21.9. The van der Waals surface area contributed by atoms with Crippen molar-refractivity contribution in [3.05, 3.63) is 83.5 Å². The first kappa shape index (κ1) is 57.0. The van der Waals surface area contributed by atoms with E-state index >= 15 is 17.6 Å². The summed E-state index contributed by atoms with van der Waals surface area (Å²) < 4.78 is 76.7. The molecule has 0 spiro atoms. The number of carbonyl (C=O) groups excluding carboxylic acids is 7. The molecule has 0 radical (unpaired) electrons. The number of Topliss-reactive ketones (excluding diaryl/α,β-unsaturated/α-hetero) is 1. The molecular weight excluding hydrogens is 1010 g/mol. The van der Waals surface area contributed by atoms with Crippen molar-refractivity contribution >= 4 is 63.9 Å². The second-order valence-corrected chi connectivity index (χ2v) is 26.0. The Labute approximate surface area is 445 Å². The van der Waals surface area contributed by atoms with Gasteiger partial charge >= 0.3 is 11.9 Å². The lowest BCUT2D eigenvalue weighted by Crippen LogP contribution is -2.70. The van der Waals surface area contributed by atoms with Crippen LogP contribution in [0.3, 0.4) is 0 Å². The molecule has 6 fully saturated rings. The maximum atomic E-state index is 17.7. The van der Waals surface area contributed by atoms with E-state index in [2.05, 4.69) is 12.6 Å². The van der Waals surface area contributed by atoms with Crippen molar-refractivity contribution in [1.82, 2.24) is 0 Å². The Balaban J connectivity index is 0.000000208. The number of ketones is 3. The lowest BCUT2D eigenvalue weighted by molar-refractivity contribution is -0.228. The van der Waals surface area contributed by atoms with E-state index < -0.39 is 143 Å². The number of esters is 2. The van der Waals surface area contributed by atoms with Gasteiger partial charge in [0.2, 0.25) is 10.2 Å². The van der Waals surface area contributed by atoms with Gasteiger partial charge in [0.15, 0.2) is 39.9 Å². The first-order chi connectivity index (χ1) is 34.8. The molecule has 0 aliphatic heterocycles. The van der Waals surface area contributed by atoms with Crippen molar-refractivity contribution in [3.63, 3.8) is 0 Å². The highest BCUT2D eigenvalue weighted by molar-refractivity contribution is 8.15. The Morgan fingerprint density at radius 2 is 1.08 bits per heavy atom. The third-order valence-electron chi connectivity index (χ3n) is 20.0. The van der Waals surface area contributed by atoms with Crippen LogP contribution < -0.4 is 0 Å². The largest absolute Gasteiger partial charge is 0.449 e. The predicted octanol–water partition coefficient (Wildman–Crippen LogP) is 9.86. The average molecular weight is 1080 g/mol. The number of aliphatic hydroxyl groups excluding tert-OH is 2. The number of ether oxygens (including phenoxy) is 2. The smallest absolute Gasteiger partial charge is 0.306 e. The number of rotatable bonds is 9. The molecule has 17 heteroatoms. The van der Waals surface area contributed by atoms with Crippen LogP contribution in [0.15, 0.2) is 77.9 Å². The van der Waals surface area contributed by atoms with Crippen LogP contribution in [0, 0.1) is 57.2 Å². The summed E-state index contributed by atoms with van der Waals surface area (Å²) >= 11 is 4.87. The Bertz CT molecular complexity index is 2730. The van der Waals surface area contributed by atoms with Crippen molar-refractivity contribution in [2.24, 2.45) is 57.2 Å². The molecule has 9 rings (SSSR count). The Morgan fingerprint density at radius 3 is 1.49 bits per heavy atom. The number of hydrogen-bond acceptors (Lipinski definition) is 12. The van der Waals surface area contributed by atoms with Gasteiger partial charge in [-0.1, -0.05) is 95.8 Å². The minimum absolute atomic E-state index is 0.0175. The van der Waals surface area contributed by atoms with E-state index in [1.165, 1.54) is 38.2 Å². The molecule has 75 heavy (non-hydrogen) atoms. The summed E-state index contributed by atoms with van der Waals surface area (Å²) in [5.74, 6) is -6.55. The number of benzene rings is 1. The van der Waals surface area contributed by atoms with Crippen molar-refractivity contribution in [2.45, 2.75) is 172 Å². The van der Waals surface area contributed by atoms with Gasteiger partial charge in [-0.3, -0.25) is 33.6 Å². The molecule has 0 heterocycles. The van der Waals surface area contributed by atoms with Gasteiger partial charge in [-0.2, -0.15) is 0 Å². The molecule has 11 nitrogen and oxygen atoms in total. The molecule has 8 aliphatic carbocycles. The first-order valence-electron chi connectivity index (χ1n) is 26.2. The minimum Gasteiger partial charge on any atom is -0.449 e. The van der Waals surface area contributed by atoms with E-state index in [1.54, 1.807) is 85.7 Å². The molecule has 0 bridgehead atoms. The quantitative estimate of drug-likeness (QED) is 0.0925. The molecule has 4 unspecified atom stereocenters. The molecule has 408 valence electrons. The van der Waals surface area contributed by atoms with Crippen LogP contribution in [-0.2, 0) is 38.2 Å². The highest BCUT2D eigenvalue weighted by atomic mass is 32.2. The van der Waals surface area contributed by atoms with E-state index in [4.69, 9.17) is 9.47 Å². The Morgan fingerprint density at radius 1 is 0.680 bits per heavy atom. The lowest BCUT2D eigenvalue weighted by atomic mass is 9.44. The standard InChI is InChI=1S/C34H40F2O6S.C24H30F2O5S/c1-7-27(39)42-34(29(41)43-30(3,4)28(40)20-11-9-8-10-12-20)19(2)15-22-23-17-25(35)24-16-21(37)13-14-31(24,5)33(23,36)26(38)18-32(22,34)6;1-5-19(29)31-24(20(30)32)12(2)8-14-15-10-17(25)16-9-13(27)6-7-21(16,3)23(15,26)18(28)11-22(14,24)4/h8-14,16,19,22-23,25-26,38H,7,15,17-18H2,1-6H3;6-7,9,12,14-15,17-18,28H,5,8,10-11H2,1-4H3,(H,30,32)/t19-,22?,23?,25+,26+,31+,32+,33+,34+;12-,14?,15?,17+,18+,21+,22+,23+,24+/m11/s1.